The van der Waals surface area contributed by atoms with Crippen molar-refractivity contribution >= 4 is 21.4 Å². The van der Waals surface area contributed by atoms with Crippen LogP contribution in [0.5, 0.6) is 0 Å². The van der Waals surface area contributed by atoms with Gasteiger partial charge in [-0.1, -0.05) is 61.0 Å². The molecule has 0 aliphatic rings. The summed E-state index contributed by atoms with van der Waals surface area (Å²) in [5.74, 6) is -0.319. The van der Waals surface area contributed by atoms with Crippen molar-refractivity contribution in [1.82, 2.24) is 0 Å². The number of aliphatic hydroxyl groups excluding tert-OH is 1. The third-order valence-electron chi connectivity index (χ3n) is 3.60. The van der Waals surface area contributed by atoms with Crippen molar-refractivity contribution in [1.29, 1.82) is 0 Å². The van der Waals surface area contributed by atoms with E-state index in [1.807, 2.05) is 25.1 Å². The molecular formula is C17H19ClO3S. The molecule has 0 fully saturated rings. The fourth-order valence-corrected chi connectivity index (χ4v) is 4.65. The van der Waals surface area contributed by atoms with E-state index in [1.54, 1.807) is 36.4 Å². The summed E-state index contributed by atoms with van der Waals surface area (Å²) in [7, 11) is -3.48. The summed E-state index contributed by atoms with van der Waals surface area (Å²) in [6.07, 6.45) is -0.615. The molecule has 0 radical (unpaired) electrons. The van der Waals surface area contributed by atoms with E-state index in [1.165, 1.54) is 0 Å². The summed E-state index contributed by atoms with van der Waals surface area (Å²) < 4.78 is 25.3. The summed E-state index contributed by atoms with van der Waals surface area (Å²) in [6.45, 7) is 1.83. The van der Waals surface area contributed by atoms with Crippen molar-refractivity contribution < 1.29 is 13.5 Å². The quantitative estimate of drug-likeness (QED) is 0.868. The second-order valence-electron chi connectivity index (χ2n) is 5.21. The van der Waals surface area contributed by atoms with Gasteiger partial charge in [0.05, 0.1) is 17.1 Å². The maximum Gasteiger partial charge on any atom is 0.160 e. The monoisotopic (exact) mass is 338 g/mol. The normalized spacial score (nSPS) is 14.5. The summed E-state index contributed by atoms with van der Waals surface area (Å²) in [6, 6.07) is 15.7. The van der Waals surface area contributed by atoms with Gasteiger partial charge in [-0.2, -0.15) is 0 Å². The molecule has 0 aliphatic carbocycles. The number of aliphatic hydroxyl groups is 1. The van der Waals surface area contributed by atoms with Crippen LogP contribution in [0.15, 0.2) is 54.6 Å². The van der Waals surface area contributed by atoms with Crippen LogP contribution >= 0.6 is 11.6 Å². The number of hydrogen-bond acceptors (Lipinski definition) is 3. The van der Waals surface area contributed by atoms with Crippen LogP contribution in [-0.2, 0) is 9.84 Å². The van der Waals surface area contributed by atoms with Gasteiger partial charge in [0, 0.05) is 5.02 Å². The first-order chi connectivity index (χ1) is 10.4. The zero-order valence-electron chi connectivity index (χ0n) is 12.3. The lowest BCUT2D eigenvalue weighted by atomic mass is 10.1. The Bertz CT molecular complexity index is 714. The SMILES string of the molecule is CCC(c1ccccc1)S(=O)(=O)CC(O)c1cccc(Cl)c1. The molecule has 22 heavy (non-hydrogen) atoms. The Morgan fingerprint density at radius 2 is 1.68 bits per heavy atom. The summed E-state index contributed by atoms with van der Waals surface area (Å²) in [5.41, 5.74) is 1.27. The Morgan fingerprint density at radius 3 is 2.27 bits per heavy atom. The largest absolute Gasteiger partial charge is 0.387 e. The molecule has 5 heteroatoms. The van der Waals surface area contributed by atoms with Crippen LogP contribution in [0.25, 0.3) is 0 Å². The molecule has 2 unspecified atom stereocenters. The van der Waals surface area contributed by atoms with Crippen molar-refractivity contribution in [2.45, 2.75) is 24.7 Å². The van der Waals surface area contributed by atoms with Gasteiger partial charge in [0.15, 0.2) is 9.84 Å². The molecule has 0 bridgehead atoms. The molecule has 0 heterocycles. The summed E-state index contributed by atoms with van der Waals surface area (Å²) in [5, 5.41) is 10.1. The Morgan fingerprint density at radius 1 is 1.05 bits per heavy atom. The van der Waals surface area contributed by atoms with E-state index in [-0.39, 0.29) is 5.75 Å². The lowest BCUT2D eigenvalue weighted by molar-refractivity contribution is 0.201. The van der Waals surface area contributed by atoms with Gasteiger partial charge < -0.3 is 5.11 Å². The third-order valence-corrected chi connectivity index (χ3v) is 6.09. The molecular weight excluding hydrogens is 320 g/mol. The van der Waals surface area contributed by atoms with Gasteiger partial charge in [-0.05, 0) is 29.7 Å². The van der Waals surface area contributed by atoms with Crippen LogP contribution in [0.3, 0.4) is 0 Å². The van der Waals surface area contributed by atoms with Crippen molar-refractivity contribution in [2.75, 3.05) is 5.75 Å². The van der Waals surface area contributed by atoms with Crippen LogP contribution in [0.2, 0.25) is 5.02 Å². The molecule has 0 saturated carbocycles. The van der Waals surface area contributed by atoms with Gasteiger partial charge in [0.2, 0.25) is 0 Å². The molecule has 118 valence electrons. The lowest BCUT2D eigenvalue weighted by Crippen LogP contribution is -2.21. The van der Waals surface area contributed by atoms with Crippen molar-refractivity contribution in [3.63, 3.8) is 0 Å². The molecule has 0 aromatic heterocycles. The Labute approximate surface area is 136 Å². The Kier molecular flexibility index (Phi) is 5.62. The Balaban J connectivity index is 2.22. The molecule has 3 nitrogen and oxygen atoms in total. The third kappa shape index (κ3) is 4.09. The highest BCUT2D eigenvalue weighted by molar-refractivity contribution is 7.91. The number of halogens is 1. The minimum absolute atomic E-state index is 0.319. The highest BCUT2D eigenvalue weighted by Crippen LogP contribution is 2.29. The van der Waals surface area contributed by atoms with Crippen molar-refractivity contribution in [3.05, 3.63) is 70.7 Å². The first-order valence-electron chi connectivity index (χ1n) is 7.14. The average Bonchev–Trinajstić information content (AvgIpc) is 2.48. The zero-order valence-corrected chi connectivity index (χ0v) is 13.9. The van der Waals surface area contributed by atoms with Crippen molar-refractivity contribution in [2.24, 2.45) is 0 Å². The Hall–Kier alpha value is -1.36. The predicted molar refractivity (Wildman–Crippen MR) is 89.7 cm³/mol. The van der Waals surface area contributed by atoms with Gasteiger partial charge in [0.25, 0.3) is 0 Å². The molecule has 0 spiro atoms. The highest BCUT2D eigenvalue weighted by Gasteiger charge is 2.28. The smallest absolute Gasteiger partial charge is 0.160 e. The maximum atomic E-state index is 12.6. The van der Waals surface area contributed by atoms with Crippen molar-refractivity contribution in [3.8, 4) is 0 Å². The lowest BCUT2D eigenvalue weighted by Gasteiger charge is -2.19. The van der Waals surface area contributed by atoms with Gasteiger partial charge in [-0.15, -0.1) is 0 Å². The van der Waals surface area contributed by atoms with E-state index in [9.17, 15) is 13.5 Å². The molecule has 2 aromatic rings. The summed E-state index contributed by atoms with van der Waals surface area (Å²) >= 11 is 5.89. The van der Waals surface area contributed by atoms with Gasteiger partial charge in [0.1, 0.15) is 0 Å². The predicted octanol–water partition coefficient (Wildman–Crippen LogP) is 3.94. The van der Waals surface area contributed by atoms with Gasteiger partial charge >= 0.3 is 0 Å². The molecule has 2 rings (SSSR count). The molecule has 0 saturated heterocycles. The number of benzene rings is 2. The standard InChI is InChI=1S/C17H19ClO3S/c1-2-17(13-7-4-3-5-8-13)22(20,21)12-16(19)14-9-6-10-15(18)11-14/h3-11,16-17,19H,2,12H2,1H3. The minimum Gasteiger partial charge on any atom is -0.387 e. The molecule has 2 atom stereocenters. The van der Waals surface area contributed by atoms with E-state index in [2.05, 4.69) is 0 Å². The topological polar surface area (TPSA) is 54.4 Å². The number of hydrogen-bond donors (Lipinski definition) is 1. The number of rotatable bonds is 6. The van der Waals surface area contributed by atoms with E-state index in [4.69, 9.17) is 11.6 Å². The van der Waals surface area contributed by atoms with E-state index >= 15 is 0 Å². The minimum atomic E-state index is -3.48. The van der Waals surface area contributed by atoms with E-state index in [0.717, 1.165) is 5.56 Å². The zero-order chi connectivity index (χ0) is 16.2. The van der Waals surface area contributed by atoms with Gasteiger partial charge in [-0.3, -0.25) is 0 Å². The molecule has 0 amide bonds. The van der Waals surface area contributed by atoms with Crippen LogP contribution in [-0.4, -0.2) is 19.3 Å². The molecule has 2 aromatic carbocycles. The highest BCUT2D eigenvalue weighted by atomic mass is 35.5. The maximum absolute atomic E-state index is 12.6. The fourth-order valence-electron chi connectivity index (χ4n) is 2.51. The number of sulfone groups is 1. The van der Waals surface area contributed by atoms with Gasteiger partial charge in [-0.25, -0.2) is 8.42 Å². The second-order valence-corrected chi connectivity index (χ2v) is 7.87. The first kappa shape index (κ1) is 17.0. The molecule has 0 aliphatic heterocycles. The van der Waals surface area contributed by atoms with E-state index < -0.39 is 21.2 Å². The average molecular weight is 339 g/mol. The van der Waals surface area contributed by atoms with E-state index in [0.29, 0.717) is 17.0 Å². The van der Waals surface area contributed by atoms with Crippen LogP contribution in [0, 0.1) is 0 Å². The molecule has 1 N–H and O–H groups in total. The first-order valence-corrected chi connectivity index (χ1v) is 9.23. The van der Waals surface area contributed by atoms with Crippen LogP contribution < -0.4 is 0 Å². The van der Waals surface area contributed by atoms with Crippen LogP contribution in [0.4, 0.5) is 0 Å². The van der Waals surface area contributed by atoms with Crippen LogP contribution in [0.1, 0.15) is 35.8 Å². The fraction of sp³-hybridized carbons (Fsp3) is 0.294. The summed E-state index contributed by atoms with van der Waals surface area (Å²) in [4.78, 5) is 0. The second kappa shape index (κ2) is 7.27.